The van der Waals surface area contributed by atoms with Crippen molar-refractivity contribution in [2.75, 3.05) is 26.2 Å². The molecule has 1 aromatic rings. The quantitative estimate of drug-likeness (QED) is 0.889. The van der Waals surface area contributed by atoms with Crippen LogP contribution < -0.4 is 5.32 Å². The van der Waals surface area contributed by atoms with Gasteiger partial charge in [-0.2, -0.15) is 0 Å². The Morgan fingerprint density at radius 3 is 2.40 bits per heavy atom. The molecule has 1 aliphatic rings. The molecule has 5 heteroatoms. The predicted molar refractivity (Wildman–Crippen MR) is 85.3 cm³/mol. The lowest BCUT2D eigenvalue weighted by atomic mass is 9.81. The van der Waals surface area contributed by atoms with Crippen LogP contribution in [0.2, 0.25) is 5.02 Å². The van der Waals surface area contributed by atoms with Gasteiger partial charge >= 0.3 is 0 Å². The molecule has 1 heterocycles. The molecule has 1 atom stereocenters. The topological polar surface area (TPSA) is 15.3 Å². The van der Waals surface area contributed by atoms with Crippen LogP contribution >= 0.6 is 24.0 Å². The highest BCUT2D eigenvalue weighted by molar-refractivity contribution is 6.31. The number of nitrogens with one attached hydrogen (secondary N) is 1. The second-order valence-electron chi connectivity index (χ2n) is 6.22. The van der Waals surface area contributed by atoms with E-state index in [-0.39, 0.29) is 29.7 Å². The van der Waals surface area contributed by atoms with Crippen LogP contribution in [0.5, 0.6) is 0 Å². The Kier molecular flexibility index (Phi) is 6.26. The fourth-order valence-corrected chi connectivity index (χ4v) is 3.10. The number of benzene rings is 1. The van der Waals surface area contributed by atoms with Crippen LogP contribution in [-0.2, 0) is 0 Å². The highest BCUT2D eigenvalue weighted by Gasteiger charge is 2.33. The van der Waals surface area contributed by atoms with Gasteiger partial charge in [-0.05, 0) is 29.2 Å². The van der Waals surface area contributed by atoms with E-state index >= 15 is 0 Å². The van der Waals surface area contributed by atoms with Gasteiger partial charge in [0.25, 0.3) is 0 Å². The molecule has 0 aliphatic carbocycles. The van der Waals surface area contributed by atoms with Crippen LogP contribution in [0, 0.1) is 11.2 Å². The zero-order chi connectivity index (χ0) is 14.0. The summed E-state index contributed by atoms with van der Waals surface area (Å²) >= 11 is 6.31. The molecule has 20 heavy (non-hydrogen) atoms. The molecule has 0 bridgehead atoms. The SMILES string of the molecule is CC(C)(C)[C@@H](c1cc(F)ccc1Cl)N1CCNCC1.Cl. The number of hydrogen-bond acceptors (Lipinski definition) is 2. The molecule has 1 aromatic carbocycles. The molecule has 0 radical (unpaired) electrons. The van der Waals surface area contributed by atoms with Crippen molar-refractivity contribution in [2.24, 2.45) is 5.41 Å². The zero-order valence-electron chi connectivity index (χ0n) is 12.2. The van der Waals surface area contributed by atoms with E-state index in [1.54, 1.807) is 12.1 Å². The van der Waals surface area contributed by atoms with Gasteiger partial charge in [0.05, 0.1) is 0 Å². The molecule has 0 unspecified atom stereocenters. The third-order valence-corrected chi connectivity index (χ3v) is 3.93. The van der Waals surface area contributed by atoms with Gasteiger partial charge in [0.1, 0.15) is 5.82 Å². The first-order valence-corrected chi connectivity index (χ1v) is 7.17. The Morgan fingerprint density at radius 2 is 1.85 bits per heavy atom. The molecule has 114 valence electrons. The summed E-state index contributed by atoms with van der Waals surface area (Å²) in [6.45, 7) is 10.4. The zero-order valence-corrected chi connectivity index (χ0v) is 13.8. The minimum Gasteiger partial charge on any atom is -0.314 e. The summed E-state index contributed by atoms with van der Waals surface area (Å²) in [5, 5.41) is 4.00. The Hall–Kier alpha value is -0.350. The van der Waals surface area contributed by atoms with Crippen molar-refractivity contribution >= 4 is 24.0 Å². The van der Waals surface area contributed by atoms with Crippen molar-refractivity contribution in [3.8, 4) is 0 Å². The van der Waals surface area contributed by atoms with Crippen molar-refractivity contribution in [1.29, 1.82) is 0 Å². The number of nitrogens with zero attached hydrogens (tertiary/aromatic N) is 1. The maximum Gasteiger partial charge on any atom is 0.123 e. The average molecular weight is 321 g/mol. The first kappa shape index (κ1) is 17.7. The number of piperazine rings is 1. The monoisotopic (exact) mass is 320 g/mol. The van der Waals surface area contributed by atoms with E-state index < -0.39 is 0 Å². The minimum absolute atomic E-state index is 0. The third-order valence-electron chi connectivity index (χ3n) is 3.59. The van der Waals surface area contributed by atoms with Crippen molar-refractivity contribution < 1.29 is 4.39 Å². The van der Waals surface area contributed by atoms with Gasteiger partial charge in [0.2, 0.25) is 0 Å². The lowest BCUT2D eigenvalue weighted by Gasteiger charge is -2.43. The molecule has 1 aliphatic heterocycles. The molecule has 0 aromatic heterocycles. The van der Waals surface area contributed by atoms with Gasteiger partial charge in [0.15, 0.2) is 0 Å². The Labute approximate surface area is 132 Å². The molecule has 2 nitrogen and oxygen atoms in total. The Morgan fingerprint density at radius 1 is 1.25 bits per heavy atom. The van der Waals surface area contributed by atoms with Gasteiger partial charge in [-0.15, -0.1) is 12.4 Å². The van der Waals surface area contributed by atoms with Crippen LogP contribution in [0.15, 0.2) is 18.2 Å². The van der Waals surface area contributed by atoms with E-state index in [0.717, 1.165) is 31.7 Å². The van der Waals surface area contributed by atoms with Gasteiger partial charge in [-0.1, -0.05) is 32.4 Å². The van der Waals surface area contributed by atoms with E-state index in [0.29, 0.717) is 5.02 Å². The smallest absolute Gasteiger partial charge is 0.123 e. The summed E-state index contributed by atoms with van der Waals surface area (Å²) in [4.78, 5) is 2.40. The summed E-state index contributed by atoms with van der Waals surface area (Å²) in [6, 6.07) is 4.80. The van der Waals surface area contributed by atoms with Gasteiger partial charge in [-0.3, -0.25) is 4.90 Å². The summed E-state index contributed by atoms with van der Waals surface area (Å²) in [6.07, 6.45) is 0. The largest absolute Gasteiger partial charge is 0.314 e. The summed E-state index contributed by atoms with van der Waals surface area (Å²) in [5.41, 5.74) is 0.908. The molecule has 2 rings (SSSR count). The molecule has 0 saturated carbocycles. The molecular formula is C15H23Cl2FN2. The minimum atomic E-state index is -0.219. The molecule has 1 saturated heterocycles. The standard InChI is InChI=1S/C15H22ClFN2.ClH/c1-15(2,3)14(19-8-6-18-7-9-19)12-10-11(17)4-5-13(12)16;/h4-5,10,14,18H,6-9H2,1-3H3;1H/t14-;/m1./s1. The molecule has 0 spiro atoms. The number of hydrogen-bond donors (Lipinski definition) is 1. The molecule has 1 N–H and O–H groups in total. The van der Waals surface area contributed by atoms with Gasteiger partial charge in [-0.25, -0.2) is 4.39 Å². The van der Waals surface area contributed by atoms with Crippen molar-refractivity contribution in [1.82, 2.24) is 10.2 Å². The van der Waals surface area contributed by atoms with Gasteiger partial charge in [0, 0.05) is 37.2 Å². The van der Waals surface area contributed by atoms with Crippen LogP contribution in [0.3, 0.4) is 0 Å². The lowest BCUT2D eigenvalue weighted by molar-refractivity contribution is 0.0861. The Balaban J connectivity index is 0.00000200. The maximum atomic E-state index is 13.6. The van der Waals surface area contributed by atoms with Crippen LogP contribution in [-0.4, -0.2) is 31.1 Å². The predicted octanol–water partition coefficient (Wildman–Crippen LogP) is 3.89. The Bertz CT molecular complexity index is 440. The van der Waals surface area contributed by atoms with Gasteiger partial charge < -0.3 is 5.32 Å². The van der Waals surface area contributed by atoms with Crippen molar-refractivity contribution in [3.63, 3.8) is 0 Å². The number of halogens is 3. The van der Waals surface area contributed by atoms with E-state index in [1.165, 1.54) is 6.07 Å². The van der Waals surface area contributed by atoms with Crippen LogP contribution in [0.25, 0.3) is 0 Å². The fraction of sp³-hybridized carbons (Fsp3) is 0.600. The summed E-state index contributed by atoms with van der Waals surface area (Å²) in [5.74, 6) is -0.219. The van der Waals surface area contributed by atoms with E-state index in [9.17, 15) is 4.39 Å². The second-order valence-corrected chi connectivity index (χ2v) is 6.63. The normalized spacial score (nSPS) is 18.4. The molecule has 1 fully saturated rings. The first-order valence-electron chi connectivity index (χ1n) is 6.79. The first-order chi connectivity index (χ1) is 8.89. The second kappa shape index (κ2) is 7.08. The van der Waals surface area contributed by atoms with E-state index in [1.807, 2.05) is 0 Å². The maximum absolute atomic E-state index is 13.6. The number of rotatable bonds is 2. The van der Waals surface area contributed by atoms with Crippen LogP contribution in [0.1, 0.15) is 32.4 Å². The third kappa shape index (κ3) is 4.08. The highest BCUT2D eigenvalue weighted by Crippen LogP contribution is 2.41. The average Bonchev–Trinajstić information content (AvgIpc) is 2.33. The fourth-order valence-electron chi connectivity index (χ4n) is 2.88. The lowest BCUT2D eigenvalue weighted by Crippen LogP contribution is -2.48. The van der Waals surface area contributed by atoms with Crippen molar-refractivity contribution in [2.45, 2.75) is 26.8 Å². The van der Waals surface area contributed by atoms with E-state index in [2.05, 4.69) is 31.0 Å². The van der Waals surface area contributed by atoms with Crippen molar-refractivity contribution in [3.05, 3.63) is 34.6 Å². The summed E-state index contributed by atoms with van der Waals surface area (Å²) < 4.78 is 13.6. The molecule has 0 amide bonds. The van der Waals surface area contributed by atoms with E-state index in [4.69, 9.17) is 11.6 Å². The highest BCUT2D eigenvalue weighted by atomic mass is 35.5. The molecular weight excluding hydrogens is 298 g/mol. The van der Waals surface area contributed by atoms with Crippen LogP contribution in [0.4, 0.5) is 4.39 Å². The summed E-state index contributed by atoms with van der Waals surface area (Å²) in [7, 11) is 0.